The molecule has 0 saturated carbocycles. The average Bonchev–Trinajstić information content (AvgIpc) is 2.94. The van der Waals surface area contributed by atoms with Gasteiger partial charge in [0.05, 0.1) is 22.6 Å². The van der Waals surface area contributed by atoms with Gasteiger partial charge in [0, 0.05) is 24.1 Å². The summed E-state index contributed by atoms with van der Waals surface area (Å²) in [5.74, 6) is -0.159. The van der Waals surface area contributed by atoms with E-state index in [1.165, 1.54) is 6.07 Å². The largest absolute Gasteiger partial charge is 0.508 e. The second-order valence-electron chi connectivity index (χ2n) is 5.49. The van der Waals surface area contributed by atoms with Crippen LogP contribution in [0.5, 0.6) is 5.75 Å². The number of halogens is 2. The van der Waals surface area contributed by atoms with Gasteiger partial charge in [-0.05, 0) is 25.0 Å². The SMILES string of the molecule is O=C1C(CO)CC2C[C@H](c3c(O)ccc(Cl)c3Cl)CN12. The maximum absolute atomic E-state index is 12.1. The van der Waals surface area contributed by atoms with Gasteiger partial charge in [-0.15, -0.1) is 0 Å². The normalized spacial score (nSPS) is 29.1. The molecule has 0 spiro atoms. The smallest absolute Gasteiger partial charge is 0.228 e. The van der Waals surface area contributed by atoms with Gasteiger partial charge >= 0.3 is 0 Å². The molecular formula is C14H15Cl2NO3. The molecule has 2 fully saturated rings. The molecule has 0 bridgehead atoms. The molecule has 0 aromatic heterocycles. The lowest BCUT2D eigenvalue weighted by Crippen LogP contribution is -2.30. The van der Waals surface area contributed by atoms with E-state index in [4.69, 9.17) is 23.2 Å². The van der Waals surface area contributed by atoms with Crippen molar-refractivity contribution >= 4 is 29.1 Å². The second kappa shape index (κ2) is 5.10. The van der Waals surface area contributed by atoms with E-state index in [1.807, 2.05) is 0 Å². The Morgan fingerprint density at radius 2 is 2.05 bits per heavy atom. The number of aliphatic hydroxyl groups excluding tert-OH is 1. The van der Waals surface area contributed by atoms with Gasteiger partial charge in [-0.25, -0.2) is 0 Å². The standard InChI is InChI=1S/C14H15Cl2NO3/c15-10-1-2-11(19)12(13(10)16)7-3-9-4-8(6-18)14(20)17(9)5-7/h1-2,7-9,18-19H,3-6H2/t7-,8?,9?/m0/s1. The van der Waals surface area contributed by atoms with Gasteiger partial charge in [0.25, 0.3) is 0 Å². The predicted octanol–water partition coefficient (Wildman–Crippen LogP) is 2.40. The van der Waals surface area contributed by atoms with E-state index in [1.54, 1.807) is 11.0 Å². The van der Waals surface area contributed by atoms with Crippen molar-refractivity contribution in [1.29, 1.82) is 0 Å². The third kappa shape index (κ3) is 2.07. The fraction of sp³-hybridized carbons (Fsp3) is 0.500. The maximum atomic E-state index is 12.1. The second-order valence-corrected chi connectivity index (χ2v) is 6.27. The summed E-state index contributed by atoms with van der Waals surface area (Å²) in [6, 6.07) is 3.22. The Balaban J connectivity index is 1.87. The number of aromatic hydroxyl groups is 1. The minimum absolute atomic E-state index is 0.00218. The van der Waals surface area contributed by atoms with Gasteiger partial charge in [0.15, 0.2) is 0 Å². The molecule has 2 aliphatic rings. The lowest BCUT2D eigenvalue weighted by atomic mass is 9.92. The number of nitrogens with zero attached hydrogens (tertiary/aromatic N) is 1. The number of carbonyl (C=O) groups is 1. The highest BCUT2D eigenvalue weighted by Gasteiger charge is 2.46. The van der Waals surface area contributed by atoms with Crippen LogP contribution in [0.1, 0.15) is 24.3 Å². The molecular weight excluding hydrogens is 301 g/mol. The van der Waals surface area contributed by atoms with E-state index in [0.717, 1.165) is 6.42 Å². The van der Waals surface area contributed by atoms with E-state index in [2.05, 4.69) is 0 Å². The van der Waals surface area contributed by atoms with Crippen LogP contribution in [0.25, 0.3) is 0 Å². The molecule has 0 radical (unpaired) electrons. The first kappa shape index (κ1) is 14.0. The van der Waals surface area contributed by atoms with E-state index in [0.29, 0.717) is 28.6 Å². The molecule has 2 saturated heterocycles. The summed E-state index contributed by atoms with van der Waals surface area (Å²) in [4.78, 5) is 13.9. The minimum atomic E-state index is -0.274. The van der Waals surface area contributed by atoms with Crippen LogP contribution in [0.3, 0.4) is 0 Å². The van der Waals surface area contributed by atoms with Gasteiger partial charge < -0.3 is 15.1 Å². The Kier molecular flexibility index (Phi) is 3.56. The molecule has 2 unspecified atom stereocenters. The number of phenolic OH excluding ortho intramolecular Hbond substituents is 1. The maximum Gasteiger partial charge on any atom is 0.228 e. The Morgan fingerprint density at radius 1 is 1.30 bits per heavy atom. The van der Waals surface area contributed by atoms with Crippen LogP contribution < -0.4 is 0 Å². The number of carbonyl (C=O) groups excluding carboxylic acids is 1. The lowest BCUT2D eigenvalue weighted by molar-refractivity contribution is -0.132. The number of aliphatic hydroxyl groups is 1. The highest BCUT2D eigenvalue weighted by Crippen LogP contribution is 2.46. The quantitative estimate of drug-likeness (QED) is 0.881. The number of rotatable bonds is 2. The predicted molar refractivity (Wildman–Crippen MR) is 76.2 cm³/mol. The van der Waals surface area contributed by atoms with Crippen molar-refractivity contribution in [2.45, 2.75) is 24.8 Å². The van der Waals surface area contributed by atoms with Crippen molar-refractivity contribution in [3.05, 3.63) is 27.7 Å². The number of fused-ring (bicyclic) bond motifs is 1. The zero-order valence-corrected chi connectivity index (χ0v) is 12.2. The Bertz CT molecular complexity index is 564. The van der Waals surface area contributed by atoms with Crippen LogP contribution in [-0.4, -0.2) is 40.2 Å². The molecule has 6 heteroatoms. The summed E-state index contributed by atoms with van der Waals surface area (Å²) in [5.41, 5.74) is 0.627. The van der Waals surface area contributed by atoms with Crippen molar-refractivity contribution in [3.8, 4) is 5.75 Å². The molecule has 2 heterocycles. The molecule has 3 rings (SSSR count). The lowest BCUT2D eigenvalue weighted by Gasteiger charge is -2.17. The van der Waals surface area contributed by atoms with E-state index < -0.39 is 0 Å². The molecule has 20 heavy (non-hydrogen) atoms. The van der Waals surface area contributed by atoms with Gasteiger partial charge in [-0.1, -0.05) is 23.2 Å². The molecule has 108 valence electrons. The van der Waals surface area contributed by atoms with E-state index >= 15 is 0 Å². The average molecular weight is 316 g/mol. The van der Waals surface area contributed by atoms with Crippen LogP contribution in [0.4, 0.5) is 0 Å². The van der Waals surface area contributed by atoms with Crippen LogP contribution in [-0.2, 0) is 4.79 Å². The number of hydrogen-bond donors (Lipinski definition) is 2. The fourth-order valence-corrected chi connectivity index (χ4v) is 3.86. The molecule has 3 atom stereocenters. The molecule has 1 aromatic rings. The van der Waals surface area contributed by atoms with Crippen molar-refractivity contribution in [1.82, 2.24) is 4.90 Å². The summed E-state index contributed by atoms with van der Waals surface area (Å²) in [6.45, 7) is 0.424. The van der Waals surface area contributed by atoms with Crippen LogP contribution in [0.15, 0.2) is 12.1 Å². The first-order valence-corrected chi connectivity index (χ1v) is 7.36. The summed E-state index contributed by atoms with van der Waals surface area (Å²) < 4.78 is 0. The number of benzene rings is 1. The van der Waals surface area contributed by atoms with Crippen molar-refractivity contribution in [3.63, 3.8) is 0 Å². The number of hydrogen-bond acceptors (Lipinski definition) is 3. The van der Waals surface area contributed by atoms with Gasteiger partial charge in [-0.2, -0.15) is 0 Å². The topological polar surface area (TPSA) is 60.8 Å². The third-order valence-corrected chi connectivity index (χ3v) is 5.16. The zero-order chi connectivity index (χ0) is 14.4. The monoisotopic (exact) mass is 315 g/mol. The van der Waals surface area contributed by atoms with Gasteiger partial charge in [0.1, 0.15) is 5.75 Å². The summed E-state index contributed by atoms with van der Waals surface area (Å²) in [6.07, 6.45) is 1.42. The Morgan fingerprint density at radius 3 is 2.70 bits per heavy atom. The number of phenols is 1. The third-order valence-electron chi connectivity index (χ3n) is 4.34. The van der Waals surface area contributed by atoms with Crippen LogP contribution in [0.2, 0.25) is 10.0 Å². The van der Waals surface area contributed by atoms with Crippen molar-refractivity contribution in [2.24, 2.45) is 5.92 Å². The van der Waals surface area contributed by atoms with Crippen molar-refractivity contribution < 1.29 is 15.0 Å². The van der Waals surface area contributed by atoms with Crippen molar-refractivity contribution in [2.75, 3.05) is 13.2 Å². The Labute approximate surface area is 126 Å². The van der Waals surface area contributed by atoms with Crippen LogP contribution in [0, 0.1) is 5.92 Å². The van der Waals surface area contributed by atoms with E-state index in [-0.39, 0.29) is 36.1 Å². The Hall–Kier alpha value is -0.970. The van der Waals surface area contributed by atoms with Gasteiger partial charge in [0.2, 0.25) is 5.91 Å². The zero-order valence-electron chi connectivity index (χ0n) is 10.7. The molecule has 2 N–H and O–H groups in total. The molecule has 2 aliphatic heterocycles. The molecule has 1 aromatic carbocycles. The van der Waals surface area contributed by atoms with Crippen LogP contribution >= 0.6 is 23.2 Å². The number of amides is 1. The summed E-state index contributed by atoms with van der Waals surface area (Å²) >= 11 is 12.2. The first-order valence-electron chi connectivity index (χ1n) is 6.61. The highest BCUT2D eigenvalue weighted by molar-refractivity contribution is 6.42. The van der Waals surface area contributed by atoms with E-state index in [9.17, 15) is 15.0 Å². The molecule has 1 amide bonds. The minimum Gasteiger partial charge on any atom is -0.508 e. The fourth-order valence-electron chi connectivity index (χ4n) is 3.38. The highest BCUT2D eigenvalue weighted by atomic mass is 35.5. The summed E-state index contributed by atoms with van der Waals surface area (Å²) in [7, 11) is 0. The molecule has 4 nitrogen and oxygen atoms in total. The summed E-state index contributed by atoms with van der Waals surface area (Å²) in [5, 5.41) is 20.0. The van der Waals surface area contributed by atoms with Gasteiger partial charge in [-0.3, -0.25) is 4.79 Å². The first-order chi connectivity index (χ1) is 9.52. The molecule has 0 aliphatic carbocycles.